The molecule has 0 aliphatic heterocycles. The molecule has 0 aliphatic carbocycles. The van der Waals surface area contributed by atoms with Gasteiger partial charge in [0.25, 0.3) is 0 Å². The zero-order chi connectivity index (χ0) is 17.6. The van der Waals surface area contributed by atoms with E-state index in [-0.39, 0.29) is 4.49 Å². The summed E-state index contributed by atoms with van der Waals surface area (Å²) in [5, 5.41) is 1.98. The molecule has 25 heavy (non-hydrogen) atoms. The van der Waals surface area contributed by atoms with Crippen LogP contribution in [0, 0.1) is 0 Å². The maximum absolute atomic E-state index is 6.03. The van der Waals surface area contributed by atoms with Crippen LogP contribution in [0.25, 0.3) is 10.8 Å². The Hall–Kier alpha value is -1.68. The van der Waals surface area contributed by atoms with Crippen molar-refractivity contribution in [2.24, 2.45) is 0 Å². The third-order valence-electron chi connectivity index (χ3n) is 3.60. The van der Waals surface area contributed by atoms with Crippen LogP contribution >= 0.6 is 39.1 Å². The van der Waals surface area contributed by atoms with Gasteiger partial charge in [-0.05, 0) is 35.9 Å². The highest BCUT2D eigenvalue weighted by atomic mass is 79.9. The molecular weight excluding hydrogens is 423 g/mol. The normalized spacial score (nSPS) is 10.5. The van der Waals surface area contributed by atoms with E-state index in [1.165, 1.54) is 0 Å². The van der Waals surface area contributed by atoms with Crippen molar-refractivity contribution in [3.63, 3.8) is 0 Å². The van der Waals surface area contributed by atoms with Crippen molar-refractivity contribution >= 4 is 49.9 Å². The molecule has 0 saturated heterocycles. The van der Waals surface area contributed by atoms with Gasteiger partial charge in [-0.3, -0.25) is 0 Å². The molecule has 0 amide bonds. The van der Waals surface area contributed by atoms with E-state index in [1.807, 2.05) is 60.7 Å². The average Bonchev–Trinajstić information content (AvgIpc) is 2.60. The van der Waals surface area contributed by atoms with E-state index in [1.54, 1.807) is 6.08 Å². The molecule has 0 fully saturated rings. The highest BCUT2D eigenvalue weighted by Gasteiger charge is 2.07. The molecule has 3 rings (SSSR count). The van der Waals surface area contributed by atoms with E-state index in [0.717, 1.165) is 32.3 Å². The third kappa shape index (κ3) is 4.91. The van der Waals surface area contributed by atoms with Crippen molar-refractivity contribution < 1.29 is 9.47 Å². The van der Waals surface area contributed by atoms with Crippen molar-refractivity contribution in [3.05, 3.63) is 81.3 Å². The van der Waals surface area contributed by atoms with Gasteiger partial charge in [0.05, 0.1) is 0 Å². The number of halogens is 3. The first kappa shape index (κ1) is 18.1. The summed E-state index contributed by atoms with van der Waals surface area (Å²) in [4.78, 5) is 0. The molecule has 3 aromatic carbocycles. The third-order valence-corrected chi connectivity index (χ3v) is 4.40. The lowest BCUT2D eigenvalue weighted by molar-refractivity contribution is 0.310. The molecule has 2 nitrogen and oxygen atoms in total. The van der Waals surface area contributed by atoms with Crippen molar-refractivity contribution in [2.75, 3.05) is 6.61 Å². The van der Waals surface area contributed by atoms with Gasteiger partial charge in [0.2, 0.25) is 0 Å². The van der Waals surface area contributed by atoms with E-state index in [0.29, 0.717) is 13.2 Å². The lowest BCUT2D eigenvalue weighted by atomic mass is 10.1. The van der Waals surface area contributed by atoms with Crippen LogP contribution in [0.5, 0.6) is 11.5 Å². The molecule has 0 radical (unpaired) electrons. The van der Waals surface area contributed by atoms with Gasteiger partial charge >= 0.3 is 0 Å². The summed E-state index contributed by atoms with van der Waals surface area (Å²) < 4.78 is 13.0. The highest BCUT2D eigenvalue weighted by molar-refractivity contribution is 9.10. The molecule has 128 valence electrons. The zero-order valence-electron chi connectivity index (χ0n) is 13.2. The van der Waals surface area contributed by atoms with Gasteiger partial charge in [0.1, 0.15) is 29.2 Å². The highest BCUT2D eigenvalue weighted by Crippen LogP contribution is 2.32. The molecule has 0 aliphatic rings. The van der Waals surface area contributed by atoms with Crippen LogP contribution in [0.15, 0.2) is 75.7 Å². The van der Waals surface area contributed by atoms with Gasteiger partial charge in [-0.1, -0.05) is 75.5 Å². The Labute approximate surface area is 165 Å². The van der Waals surface area contributed by atoms with Gasteiger partial charge in [-0.15, -0.1) is 0 Å². The van der Waals surface area contributed by atoms with Gasteiger partial charge in [0, 0.05) is 15.2 Å². The summed E-state index contributed by atoms with van der Waals surface area (Å²) in [5.74, 6) is 1.57. The maximum Gasteiger partial charge on any atom is 0.127 e. The molecule has 0 aromatic heterocycles. The number of ether oxygens (including phenoxy) is 2. The van der Waals surface area contributed by atoms with Crippen LogP contribution < -0.4 is 9.47 Å². The summed E-state index contributed by atoms with van der Waals surface area (Å²) >= 11 is 14.7. The molecule has 3 aromatic rings. The minimum Gasteiger partial charge on any atom is -0.489 e. The Bertz CT molecular complexity index is 905. The fourth-order valence-corrected chi connectivity index (χ4v) is 3.06. The van der Waals surface area contributed by atoms with E-state index >= 15 is 0 Å². The smallest absolute Gasteiger partial charge is 0.127 e. The largest absolute Gasteiger partial charge is 0.489 e. The minimum absolute atomic E-state index is 0.193. The Kier molecular flexibility index (Phi) is 6.24. The zero-order valence-corrected chi connectivity index (χ0v) is 16.3. The van der Waals surface area contributed by atoms with E-state index in [9.17, 15) is 0 Å². The molecule has 0 bridgehead atoms. The summed E-state index contributed by atoms with van der Waals surface area (Å²) in [6.45, 7) is 0.804. The molecular formula is C20H15BrCl2O2. The fraction of sp³-hybridized carbons (Fsp3) is 0.100. The standard InChI is InChI=1S/C20H15BrCl2O2/c21-15-5-1-4-14(12-15)13-25-19-9-3-6-16-17(19)7-2-8-18(16)24-11-10-20(22)23/h1-10,12H,11,13H2. The second-order valence-corrected chi connectivity index (χ2v) is 7.25. The quantitative estimate of drug-likeness (QED) is 0.418. The molecule has 0 saturated carbocycles. The molecule has 5 heteroatoms. The first-order valence-electron chi connectivity index (χ1n) is 7.66. The van der Waals surface area contributed by atoms with Crippen LogP contribution in [-0.4, -0.2) is 6.61 Å². The number of hydrogen-bond acceptors (Lipinski definition) is 2. The Morgan fingerprint density at radius 2 is 1.52 bits per heavy atom. The molecule has 0 unspecified atom stereocenters. The molecule has 0 heterocycles. The minimum atomic E-state index is 0.193. The number of rotatable bonds is 6. The van der Waals surface area contributed by atoms with Crippen LogP contribution in [-0.2, 0) is 6.61 Å². The van der Waals surface area contributed by atoms with Crippen molar-refractivity contribution in [1.29, 1.82) is 0 Å². The van der Waals surface area contributed by atoms with E-state index in [4.69, 9.17) is 32.7 Å². The van der Waals surface area contributed by atoms with Gasteiger partial charge < -0.3 is 9.47 Å². The van der Waals surface area contributed by atoms with Crippen LogP contribution in [0.1, 0.15) is 5.56 Å². The number of hydrogen-bond donors (Lipinski definition) is 0. The average molecular weight is 438 g/mol. The number of benzene rings is 3. The summed E-state index contributed by atoms with van der Waals surface area (Å²) in [6.07, 6.45) is 1.61. The predicted octanol–water partition coefficient (Wildman–Crippen LogP) is 6.88. The van der Waals surface area contributed by atoms with Crippen LogP contribution in [0.3, 0.4) is 0 Å². The summed E-state index contributed by atoms with van der Waals surface area (Å²) in [6, 6.07) is 19.8. The first-order chi connectivity index (χ1) is 12.1. The van der Waals surface area contributed by atoms with Gasteiger partial charge in [-0.25, -0.2) is 0 Å². The summed E-state index contributed by atoms with van der Waals surface area (Å²) in [5.41, 5.74) is 1.10. The van der Waals surface area contributed by atoms with E-state index < -0.39 is 0 Å². The SMILES string of the molecule is ClC(Cl)=CCOc1cccc2c(OCc3cccc(Br)c3)cccc12. The van der Waals surface area contributed by atoms with Crippen LogP contribution in [0.2, 0.25) is 0 Å². The predicted molar refractivity (Wildman–Crippen MR) is 108 cm³/mol. The van der Waals surface area contributed by atoms with Crippen molar-refractivity contribution in [2.45, 2.75) is 6.61 Å². The Morgan fingerprint density at radius 3 is 2.16 bits per heavy atom. The molecule has 0 atom stereocenters. The lowest BCUT2D eigenvalue weighted by Gasteiger charge is -2.12. The second kappa shape index (κ2) is 8.61. The maximum atomic E-state index is 6.03. The van der Waals surface area contributed by atoms with E-state index in [2.05, 4.69) is 15.9 Å². The monoisotopic (exact) mass is 436 g/mol. The van der Waals surface area contributed by atoms with Crippen molar-refractivity contribution in [1.82, 2.24) is 0 Å². The molecule has 0 spiro atoms. The second-order valence-electron chi connectivity index (χ2n) is 5.33. The van der Waals surface area contributed by atoms with Gasteiger partial charge in [0.15, 0.2) is 0 Å². The van der Waals surface area contributed by atoms with Gasteiger partial charge in [-0.2, -0.15) is 0 Å². The first-order valence-corrected chi connectivity index (χ1v) is 9.21. The van der Waals surface area contributed by atoms with Crippen molar-refractivity contribution in [3.8, 4) is 11.5 Å². The van der Waals surface area contributed by atoms with Crippen LogP contribution in [0.4, 0.5) is 0 Å². The summed E-state index contributed by atoms with van der Waals surface area (Å²) in [7, 11) is 0. The fourth-order valence-electron chi connectivity index (χ4n) is 2.49. The topological polar surface area (TPSA) is 18.5 Å². The number of fused-ring (bicyclic) bond motifs is 1. The Balaban J connectivity index is 1.83. The Morgan fingerprint density at radius 1 is 0.880 bits per heavy atom. The lowest BCUT2D eigenvalue weighted by Crippen LogP contribution is -1.97. The molecule has 0 N–H and O–H groups in total.